The average Bonchev–Trinajstić information content (AvgIpc) is 3.40. The highest BCUT2D eigenvalue weighted by atomic mass is 19.2. The molecule has 1 aromatic heterocycles. The van der Waals surface area contributed by atoms with Crippen molar-refractivity contribution in [3.8, 4) is 40.3 Å². The second kappa shape index (κ2) is 8.34. The summed E-state index contributed by atoms with van der Waals surface area (Å²) in [7, 11) is 0. The molecule has 0 aliphatic heterocycles. The van der Waals surface area contributed by atoms with E-state index in [9.17, 15) is 8.78 Å². The molecule has 0 saturated heterocycles. The molecule has 0 fully saturated rings. The van der Waals surface area contributed by atoms with Crippen LogP contribution in [0.3, 0.4) is 0 Å². The quantitative estimate of drug-likeness (QED) is 0.119. The van der Waals surface area contributed by atoms with Gasteiger partial charge in [-0.25, -0.2) is 17.6 Å². The summed E-state index contributed by atoms with van der Waals surface area (Å²) in [6.07, 6.45) is 5.09. The van der Waals surface area contributed by atoms with Gasteiger partial charge in [-0.2, -0.15) is 0 Å². The van der Waals surface area contributed by atoms with Gasteiger partial charge >= 0.3 is 0 Å². The topological polar surface area (TPSA) is 4.93 Å². The lowest BCUT2D eigenvalue weighted by molar-refractivity contribution is 0.455. The van der Waals surface area contributed by atoms with Crippen LogP contribution in [0.5, 0.6) is 0 Å². The molecular formula is C35H21F4N. The summed E-state index contributed by atoms with van der Waals surface area (Å²) >= 11 is 0. The molecule has 1 heterocycles. The van der Waals surface area contributed by atoms with E-state index >= 15 is 8.78 Å². The minimum absolute atomic E-state index is 0.0415. The number of benzene rings is 5. The summed E-state index contributed by atoms with van der Waals surface area (Å²) in [6, 6.07) is 27.6. The van der Waals surface area contributed by atoms with Gasteiger partial charge in [-0.1, -0.05) is 68.3 Å². The van der Waals surface area contributed by atoms with E-state index in [0.717, 1.165) is 49.7 Å². The Morgan fingerprint density at radius 1 is 0.650 bits per heavy atom. The van der Waals surface area contributed by atoms with Crippen LogP contribution >= 0.6 is 0 Å². The third-order valence-electron chi connectivity index (χ3n) is 8.18. The molecule has 1 nitrogen and oxygen atoms in total. The fourth-order valence-corrected chi connectivity index (χ4v) is 6.22. The van der Waals surface area contributed by atoms with E-state index < -0.39 is 39.8 Å². The first-order chi connectivity index (χ1) is 19.2. The number of nitrogens with zero attached hydrogens (tertiary/aromatic N) is 1. The minimum Gasteiger partial charge on any atom is -0.309 e. The normalized spacial score (nSPS) is 13.4. The smallest absolute Gasteiger partial charge is 0.178 e. The van der Waals surface area contributed by atoms with Crippen molar-refractivity contribution < 1.29 is 17.6 Å². The van der Waals surface area contributed by atoms with E-state index in [2.05, 4.69) is 41.0 Å². The Hall–Kier alpha value is -4.82. The number of hydrogen-bond acceptors (Lipinski definition) is 0. The molecule has 7 rings (SSSR count). The predicted molar refractivity (Wildman–Crippen MR) is 152 cm³/mol. The Labute approximate surface area is 228 Å². The SMILES string of the molecule is C#Cc1c(F)c(F)c(-c2ccc3c(c2)C(C)(C)c2cc4c5ccccc5n(-c5ccccc5)c4cc2-3)c(F)c1F. The van der Waals surface area contributed by atoms with Crippen molar-refractivity contribution in [3.63, 3.8) is 0 Å². The van der Waals surface area contributed by atoms with Crippen LogP contribution in [0.15, 0.2) is 84.9 Å². The summed E-state index contributed by atoms with van der Waals surface area (Å²) in [6.45, 7) is 4.08. The Bertz CT molecular complexity index is 2050. The van der Waals surface area contributed by atoms with Crippen molar-refractivity contribution >= 4 is 21.8 Å². The van der Waals surface area contributed by atoms with Crippen molar-refractivity contribution in [2.24, 2.45) is 0 Å². The summed E-state index contributed by atoms with van der Waals surface area (Å²) in [5.74, 6) is -4.46. The van der Waals surface area contributed by atoms with Crippen molar-refractivity contribution in [2.45, 2.75) is 19.3 Å². The lowest BCUT2D eigenvalue weighted by Crippen LogP contribution is -2.15. The monoisotopic (exact) mass is 531 g/mol. The Balaban J connectivity index is 1.49. The molecule has 0 saturated carbocycles. The number of hydrogen-bond donors (Lipinski definition) is 0. The summed E-state index contributed by atoms with van der Waals surface area (Å²) in [5, 5.41) is 2.20. The van der Waals surface area contributed by atoms with Gasteiger partial charge in [0.2, 0.25) is 0 Å². The molecule has 5 heteroatoms. The summed E-state index contributed by atoms with van der Waals surface area (Å²) in [4.78, 5) is 0. The van der Waals surface area contributed by atoms with E-state index in [1.165, 1.54) is 6.07 Å². The highest BCUT2D eigenvalue weighted by Gasteiger charge is 2.37. The van der Waals surface area contributed by atoms with Crippen LogP contribution in [0, 0.1) is 35.6 Å². The Morgan fingerprint density at radius 2 is 1.30 bits per heavy atom. The van der Waals surface area contributed by atoms with E-state index in [1.807, 2.05) is 44.2 Å². The number of terminal acetylenes is 1. The highest BCUT2D eigenvalue weighted by Crippen LogP contribution is 2.52. The minimum atomic E-state index is -1.57. The van der Waals surface area contributed by atoms with E-state index in [-0.39, 0.29) is 5.56 Å². The van der Waals surface area contributed by atoms with E-state index in [4.69, 9.17) is 6.42 Å². The van der Waals surface area contributed by atoms with Gasteiger partial charge in [0, 0.05) is 21.9 Å². The molecule has 1 aliphatic carbocycles. The van der Waals surface area contributed by atoms with Crippen LogP contribution in [0.25, 0.3) is 49.7 Å². The maximum atomic E-state index is 15.0. The molecule has 6 aromatic rings. The molecule has 194 valence electrons. The fourth-order valence-electron chi connectivity index (χ4n) is 6.22. The number of rotatable bonds is 2. The molecule has 5 aromatic carbocycles. The molecule has 1 aliphatic rings. The standard InChI is InChI=1S/C35H21F4N/c1-4-21-31(36)33(38)30(34(39)32(21)37)19-14-15-22-24-18-29-25(17-27(24)35(2,3)26(22)16-19)23-12-8-9-13-28(23)40(29)20-10-6-5-7-11-20/h1,5-18H,2-3H3. The second-order valence-electron chi connectivity index (χ2n) is 10.6. The molecule has 0 N–H and O–H groups in total. The zero-order valence-corrected chi connectivity index (χ0v) is 21.6. The summed E-state index contributed by atoms with van der Waals surface area (Å²) in [5.41, 5.74) is 4.60. The maximum Gasteiger partial charge on any atom is 0.178 e. The van der Waals surface area contributed by atoms with Crippen LogP contribution in [0.2, 0.25) is 0 Å². The molecule has 0 unspecified atom stereocenters. The first kappa shape index (κ1) is 24.2. The second-order valence-corrected chi connectivity index (χ2v) is 10.6. The van der Waals surface area contributed by atoms with E-state index in [1.54, 1.807) is 18.1 Å². The molecule has 0 radical (unpaired) electrons. The summed E-state index contributed by atoms with van der Waals surface area (Å²) < 4.78 is 61.3. The van der Waals surface area contributed by atoms with Crippen LogP contribution in [0.1, 0.15) is 30.5 Å². The Morgan fingerprint density at radius 3 is 2.00 bits per heavy atom. The number of aromatic nitrogens is 1. The largest absolute Gasteiger partial charge is 0.309 e. The van der Waals surface area contributed by atoms with Crippen molar-refractivity contribution in [3.05, 3.63) is 125 Å². The molecule has 0 spiro atoms. The highest BCUT2D eigenvalue weighted by molar-refractivity contribution is 6.11. The van der Waals surface area contributed by atoms with Gasteiger partial charge in [-0.3, -0.25) is 0 Å². The third-order valence-corrected chi connectivity index (χ3v) is 8.18. The lowest BCUT2D eigenvalue weighted by Gasteiger charge is -2.22. The van der Waals surface area contributed by atoms with Gasteiger partial charge in [0.15, 0.2) is 23.3 Å². The van der Waals surface area contributed by atoms with Crippen LogP contribution in [-0.4, -0.2) is 4.57 Å². The molecular weight excluding hydrogens is 510 g/mol. The average molecular weight is 532 g/mol. The zero-order chi connectivity index (χ0) is 27.9. The number of para-hydroxylation sites is 2. The fraction of sp³-hybridized carbons (Fsp3) is 0.0857. The van der Waals surface area contributed by atoms with Crippen LogP contribution in [0.4, 0.5) is 17.6 Å². The van der Waals surface area contributed by atoms with Crippen molar-refractivity contribution in [1.82, 2.24) is 4.57 Å². The van der Waals surface area contributed by atoms with Gasteiger partial charge in [-0.15, -0.1) is 6.42 Å². The lowest BCUT2D eigenvalue weighted by atomic mass is 9.81. The zero-order valence-electron chi connectivity index (χ0n) is 21.6. The van der Waals surface area contributed by atoms with Crippen LogP contribution in [-0.2, 0) is 5.41 Å². The predicted octanol–water partition coefficient (Wildman–Crippen LogP) is 9.29. The van der Waals surface area contributed by atoms with Crippen molar-refractivity contribution in [2.75, 3.05) is 0 Å². The third kappa shape index (κ3) is 3.11. The van der Waals surface area contributed by atoms with Crippen molar-refractivity contribution in [1.29, 1.82) is 0 Å². The van der Waals surface area contributed by atoms with Crippen LogP contribution < -0.4 is 0 Å². The van der Waals surface area contributed by atoms with Gasteiger partial charge < -0.3 is 4.57 Å². The Kier molecular flexibility index (Phi) is 5.05. The molecule has 40 heavy (non-hydrogen) atoms. The molecule has 0 bridgehead atoms. The van der Waals surface area contributed by atoms with Gasteiger partial charge in [0.05, 0.1) is 16.6 Å². The molecule has 0 atom stereocenters. The first-order valence-corrected chi connectivity index (χ1v) is 12.8. The maximum absolute atomic E-state index is 15.0. The first-order valence-electron chi connectivity index (χ1n) is 12.8. The van der Waals surface area contributed by atoms with E-state index in [0.29, 0.717) is 0 Å². The molecule has 0 amide bonds. The van der Waals surface area contributed by atoms with Gasteiger partial charge in [0.25, 0.3) is 0 Å². The van der Waals surface area contributed by atoms with Gasteiger partial charge in [-0.05, 0) is 64.2 Å². The van der Waals surface area contributed by atoms with Gasteiger partial charge in [0.1, 0.15) is 5.56 Å². The number of fused-ring (bicyclic) bond motifs is 6. The number of halogens is 4.